The van der Waals surface area contributed by atoms with Crippen LogP contribution in [0.25, 0.3) is 6.08 Å². The minimum Gasteiger partial charge on any atom is -0.378 e. The van der Waals surface area contributed by atoms with Crippen LogP contribution in [0.15, 0.2) is 83.5 Å². The van der Waals surface area contributed by atoms with Gasteiger partial charge in [0.2, 0.25) is 5.91 Å². The van der Waals surface area contributed by atoms with Gasteiger partial charge >= 0.3 is 0 Å². The van der Waals surface area contributed by atoms with Gasteiger partial charge in [-0.2, -0.15) is 10.2 Å². The number of benzene rings is 3. The monoisotopic (exact) mass is 553 g/mol. The van der Waals surface area contributed by atoms with Crippen molar-refractivity contribution in [1.82, 2.24) is 10.9 Å². The first-order valence-corrected chi connectivity index (χ1v) is 13.4. The molecule has 3 aromatic rings. The van der Waals surface area contributed by atoms with Gasteiger partial charge in [0, 0.05) is 70.8 Å². The number of hydrogen-bond acceptors (Lipinski definition) is 7. The van der Waals surface area contributed by atoms with Crippen molar-refractivity contribution in [3.8, 4) is 0 Å². The Morgan fingerprint density at radius 1 is 0.805 bits per heavy atom. The third-order valence-electron chi connectivity index (χ3n) is 6.37. The molecule has 0 aromatic heterocycles. The minimum atomic E-state index is -0.312. The van der Waals surface area contributed by atoms with Crippen molar-refractivity contribution in [1.29, 1.82) is 0 Å². The lowest BCUT2D eigenvalue weighted by atomic mass is 10.1. The van der Waals surface area contributed by atoms with Crippen LogP contribution in [0.2, 0.25) is 0 Å². The van der Waals surface area contributed by atoms with Crippen molar-refractivity contribution >= 4 is 47.4 Å². The molecule has 3 rings (SSSR count). The van der Waals surface area contributed by atoms with Crippen LogP contribution in [-0.4, -0.2) is 66.0 Å². The standard InChI is InChI=1S/C32H39N7O2/c1-7-26-21-27(32(41)36-34-23-25-12-9-14-29(20-25)38(4)5)16-17-30(26)39(6)18-10-15-31(40)35-33-22-24-11-8-13-28(19-24)37(2)3/h7-9,11-14,16-17,19-23H,1,10,15,18H2,2-6H3,(H,35,40)(H,36,41)/b33-22+,34-23+. The summed E-state index contributed by atoms with van der Waals surface area (Å²) < 4.78 is 0. The van der Waals surface area contributed by atoms with Gasteiger partial charge in [0.15, 0.2) is 0 Å². The van der Waals surface area contributed by atoms with Crippen LogP contribution >= 0.6 is 0 Å². The molecule has 0 bridgehead atoms. The van der Waals surface area contributed by atoms with Gasteiger partial charge in [0.25, 0.3) is 5.91 Å². The average molecular weight is 554 g/mol. The Labute approximate surface area is 242 Å². The molecule has 2 N–H and O–H groups in total. The molecule has 41 heavy (non-hydrogen) atoms. The Balaban J connectivity index is 1.50. The maximum absolute atomic E-state index is 12.7. The molecule has 0 atom stereocenters. The highest BCUT2D eigenvalue weighted by Crippen LogP contribution is 2.23. The second kappa shape index (κ2) is 15.0. The number of amides is 2. The second-order valence-corrected chi connectivity index (χ2v) is 9.97. The van der Waals surface area contributed by atoms with Crippen molar-refractivity contribution in [3.05, 3.63) is 95.6 Å². The molecule has 0 fully saturated rings. The summed E-state index contributed by atoms with van der Waals surface area (Å²) in [5.41, 5.74) is 11.3. The smallest absolute Gasteiger partial charge is 0.271 e. The van der Waals surface area contributed by atoms with Crippen LogP contribution < -0.4 is 25.6 Å². The molecule has 0 aliphatic carbocycles. The fraction of sp³-hybridized carbons (Fsp3) is 0.250. The number of rotatable bonds is 13. The van der Waals surface area contributed by atoms with Crippen LogP contribution in [0, 0.1) is 0 Å². The lowest BCUT2D eigenvalue weighted by Crippen LogP contribution is -2.23. The van der Waals surface area contributed by atoms with E-state index in [1.54, 1.807) is 30.6 Å². The second-order valence-electron chi connectivity index (χ2n) is 9.97. The maximum atomic E-state index is 12.7. The zero-order chi connectivity index (χ0) is 29.8. The van der Waals surface area contributed by atoms with Crippen LogP contribution in [0.4, 0.5) is 17.1 Å². The van der Waals surface area contributed by atoms with Crippen LogP contribution in [-0.2, 0) is 4.79 Å². The fourth-order valence-corrected chi connectivity index (χ4v) is 4.04. The number of hydrazone groups is 2. The molecular weight excluding hydrogens is 514 g/mol. The van der Waals surface area contributed by atoms with E-state index in [-0.39, 0.29) is 11.8 Å². The first kappa shape index (κ1) is 30.6. The average Bonchev–Trinajstić information content (AvgIpc) is 2.97. The molecule has 0 saturated carbocycles. The van der Waals surface area contributed by atoms with E-state index in [0.717, 1.165) is 33.8 Å². The SMILES string of the molecule is C=Cc1cc(C(=O)N/N=C/c2cccc(N(C)C)c2)ccc1N(C)CCCC(=O)N/N=C/c1cccc(N(C)C)c1. The van der Waals surface area contributed by atoms with E-state index in [2.05, 4.69) is 27.6 Å². The Bertz CT molecular complexity index is 1410. The number of carbonyl (C=O) groups excluding carboxylic acids is 2. The molecular formula is C32H39N7O2. The van der Waals surface area contributed by atoms with E-state index in [1.807, 2.05) is 105 Å². The summed E-state index contributed by atoms with van der Waals surface area (Å²) in [5, 5.41) is 8.19. The minimum absolute atomic E-state index is 0.150. The van der Waals surface area contributed by atoms with Gasteiger partial charge in [0.1, 0.15) is 0 Å². The van der Waals surface area contributed by atoms with Gasteiger partial charge in [-0.3, -0.25) is 9.59 Å². The number of hydrogen-bond donors (Lipinski definition) is 2. The highest BCUT2D eigenvalue weighted by molar-refractivity contribution is 5.96. The Morgan fingerprint density at radius 3 is 1.95 bits per heavy atom. The van der Waals surface area contributed by atoms with Crippen molar-refractivity contribution in [3.63, 3.8) is 0 Å². The van der Waals surface area contributed by atoms with Crippen molar-refractivity contribution < 1.29 is 9.59 Å². The first-order chi connectivity index (χ1) is 19.7. The summed E-state index contributed by atoms with van der Waals surface area (Å²) in [6.45, 7) is 4.55. The molecule has 0 aliphatic heterocycles. The summed E-state index contributed by atoms with van der Waals surface area (Å²) >= 11 is 0. The number of carbonyl (C=O) groups is 2. The Morgan fingerprint density at radius 2 is 1.39 bits per heavy atom. The lowest BCUT2D eigenvalue weighted by molar-refractivity contribution is -0.121. The molecule has 0 aliphatic rings. The van der Waals surface area contributed by atoms with Gasteiger partial charge in [-0.1, -0.05) is 36.9 Å². The van der Waals surface area contributed by atoms with Crippen LogP contribution in [0.3, 0.4) is 0 Å². The third kappa shape index (κ3) is 9.35. The zero-order valence-corrected chi connectivity index (χ0v) is 24.5. The maximum Gasteiger partial charge on any atom is 0.271 e. The molecule has 0 heterocycles. The van der Waals surface area contributed by atoms with Gasteiger partial charge in [-0.25, -0.2) is 10.9 Å². The van der Waals surface area contributed by atoms with Gasteiger partial charge < -0.3 is 14.7 Å². The molecule has 0 unspecified atom stereocenters. The number of nitrogens with zero attached hydrogens (tertiary/aromatic N) is 5. The zero-order valence-electron chi connectivity index (χ0n) is 24.5. The van der Waals surface area contributed by atoms with E-state index in [9.17, 15) is 9.59 Å². The molecule has 0 saturated heterocycles. The van der Waals surface area contributed by atoms with E-state index in [4.69, 9.17) is 0 Å². The molecule has 2 amide bonds. The molecule has 9 heteroatoms. The molecule has 9 nitrogen and oxygen atoms in total. The fourth-order valence-electron chi connectivity index (χ4n) is 4.04. The summed E-state index contributed by atoms with van der Waals surface area (Å²) in [6.07, 6.45) is 5.94. The van der Waals surface area contributed by atoms with E-state index < -0.39 is 0 Å². The largest absolute Gasteiger partial charge is 0.378 e. The van der Waals surface area contributed by atoms with Gasteiger partial charge in [-0.05, 0) is 65.6 Å². The summed E-state index contributed by atoms with van der Waals surface area (Å²) in [5.74, 6) is -0.462. The summed E-state index contributed by atoms with van der Waals surface area (Å²) in [4.78, 5) is 31.0. The predicted octanol–water partition coefficient (Wildman–Crippen LogP) is 4.59. The highest BCUT2D eigenvalue weighted by atomic mass is 16.2. The third-order valence-corrected chi connectivity index (χ3v) is 6.37. The van der Waals surface area contributed by atoms with Crippen LogP contribution in [0.5, 0.6) is 0 Å². The Kier molecular flexibility index (Phi) is 11.2. The van der Waals surface area contributed by atoms with Crippen molar-refractivity contribution in [2.45, 2.75) is 12.8 Å². The van der Waals surface area contributed by atoms with E-state index in [0.29, 0.717) is 24.9 Å². The molecule has 214 valence electrons. The summed E-state index contributed by atoms with van der Waals surface area (Å²) in [7, 11) is 9.83. The highest BCUT2D eigenvalue weighted by Gasteiger charge is 2.11. The molecule has 0 spiro atoms. The molecule has 3 aromatic carbocycles. The quantitative estimate of drug-likeness (QED) is 0.239. The Hall–Kier alpha value is -4.92. The van der Waals surface area contributed by atoms with Crippen LogP contribution in [0.1, 0.15) is 39.9 Å². The number of nitrogens with one attached hydrogen (secondary N) is 2. The first-order valence-electron chi connectivity index (χ1n) is 13.4. The van der Waals surface area contributed by atoms with E-state index >= 15 is 0 Å². The summed E-state index contributed by atoms with van der Waals surface area (Å²) in [6, 6.07) is 21.1. The van der Waals surface area contributed by atoms with E-state index in [1.165, 1.54) is 0 Å². The normalized spacial score (nSPS) is 11.0. The number of anilines is 3. The lowest BCUT2D eigenvalue weighted by Gasteiger charge is -2.22. The van der Waals surface area contributed by atoms with Gasteiger partial charge in [0.05, 0.1) is 12.4 Å². The van der Waals surface area contributed by atoms with Crippen molar-refractivity contribution in [2.24, 2.45) is 10.2 Å². The molecule has 0 radical (unpaired) electrons. The predicted molar refractivity (Wildman–Crippen MR) is 171 cm³/mol. The van der Waals surface area contributed by atoms with Gasteiger partial charge in [-0.15, -0.1) is 0 Å². The van der Waals surface area contributed by atoms with Crippen molar-refractivity contribution in [2.75, 3.05) is 56.5 Å². The topological polar surface area (TPSA) is 92.6 Å².